The number of halogens is 1. The fourth-order valence-corrected chi connectivity index (χ4v) is 3.41. The molecular formula is C17H14BrN5OS. The molecule has 0 fully saturated rings. The van der Waals surface area contributed by atoms with E-state index in [0.717, 1.165) is 27.0 Å². The molecule has 6 nitrogen and oxygen atoms in total. The van der Waals surface area contributed by atoms with Crippen LogP contribution in [-0.4, -0.2) is 25.9 Å². The Hall–Kier alpha value is -2.19. The summed E-state index contributed by atoms with van der Waals surface area (Å²) >= 11 is 5.05. The molecule has 0 saturated heterocycles. The molecule has 4 rings (SSSR count). The number of nitrogens with one attached hydrogen (secondary N) is 1. The van der Waals surface area contributed by atoms with E-state index in [1.165, 1.54) is 11.8 Å². The number of benzene rings is 1. The van der Waals surface area contributed by atoms with Crippen molar-refractivity contribution in [3.05, 3.63) is 52.8 Å². The molecular weight excluding hydrogens is 402 g/mol. The van der Waals surface area contributed by atoms with Crippen molar-refractivity contribution >= 4 is 33.4 Å². The van der Waals surface area contributed by atoms with Crippen LogP contribution in [0, 0.1) is 0 Å². The van der Waals surface area contributed by atoms with Gasteiger partial charge in [-0.1, -0.05) is 34.6 Å². The molecule has 0 amide bonds. The van der Waals surface area contributed by atoms with Gasteiger partial charge in [-0.2, -0.15) is 4.98 Å². The SMILES string of the molecule is CCSc1nnc2c(n1)OC(c1ccncc1)Nc1ccc(Br)cc1-2. The van der Waals surface area contributed by atoms with Crippen molar-refractivity contribution < 1.29 is 4.74 Å². The molecule has 0 saturated carbocycles. The van der Waals surface area contributed by atoms with Crippen LogP contribution in [0.4, 0.5) is 5.69 Å². The third-order valence-electron chi connectivity index (χ3n) is 3.67. The van der Waals surface area contributed by atoms with E-state index < -0.39 is 0 Å². The summed E-state index contributed by atoms with van der Waals surface area (Å²) in [4.78, 5) is 8.63. The Bertz CT molecular complexity index is 909. The zero-order valence-corrected chi connectivity index (χ0v) is 15.7. The number of pyridine rings is 1. The van der Waals surface area contributed by atoms with Crippen molar-refractivity contribution in [3.63, 3.8) is 0 Å². The zero-order valence-electron chi connectivity index (χ0n) is 13.3. The van der Waals surface area contributed by atoms with E-state index >= 15 is 0 Å². The molecule has 3 aromatic rings. The van der Waals surface area contributed by atoms with Crippen molar-refractivity contribution in [2.45, 2.75) is 18.3 Å². The molecule has 0 spiro atoms. The predicted molar refractivity (Wildman–Crippen MR) is 101 cm³/mol. The van der Waals surface area contributed by atoms with Gasteiger partial charge in [0.2, 0.25) is 11.0 Å². The van der Waals surface area contributed by atoms with E-state index in [1.54, 1.807) is 12.4 Å². The van der Waals surface area contributed by atoms with Crippen molar-refractivity contribution in [3.8, 4) is 17.1 Å². The highest BCUT2D eigenvalue weighted by atomic mass is 79.9. The Morgan fingerprint density at radius 1 is 1.20 bits per heavy atom. The number of ether oxygens (including phenoxy) is 1. The van der Waals surface area contributed by atoms with E-state index in [-0.39, 0.29) is 6.23 Å². The van der Waals surface area contributed by atoms with Gasteiger partial charge in [0.05, 0.1) is 0 Å². The monoisotopic (exact) mass is 415 g/mol. The number of rotatable bonds is 3. The number of aromatic nitrogens is 4. The Balaban J connectivity index is 1.86. The maximum absolute atomic E-state index is 6.17. The Morgan fingerprint density at radius 3 is 2.84 bits per heavy atom. The van der Waals surface area contributed by atoms with E-state index in [4.69, 9.17) is 4.74 Å². The van der Waals surface area contributed by atoms with Gasteiger partial charge in [-0.05, 0) is 36.1 Å². The highest BCUT2D eigenvalue weighted by Gasteiger charge is 2.26. The molecule has 25 heavy (non-hydrogen) atoms. The van der Waals surface area contributed by atoms with E-state index in [2.05, 4.69) is 41.4 Å². The lowest BCUT2D eigenvalue weighted by Gasteiger charge is -2.19. The largest absolute Gasteiger partial charge is 0.448 e. The van der Waals surface area contributed by atoms with E-state index in [9.17, 15) is 0 Å². The van der Waals surface area contributed by atoms with E-state index in [0.29, 0.717) is 16.7 Å². The van der Waals surface area contributed by atoms with Gasteiger partial charge in [0.1, 0.15) is 0 Å². The topological polar surface area (TPSA) is 72.8 Å². The number of thioether (sulfide) groups is 1. The number of hydrogen-bond donors (Lipinski definition) is 1. The minimum atomic E-state index is -0.389. The minimum absolute atomic E-state index is 0.389. The van der Waals surface area contributed by atoms with Crippen LogP contribution >= 0.6 is 27.7 Å². The van der Waals surface area contributed by atoms with Crippen molar-refractivity contribution in [1.29, 1.82) is 0 Å². The molecule has 1 unspecified atom stereocenters. The highest BCUT2D eigenvalue weighted by Crippen LogP contribution is 2.40. The third kappa shape index (κ3) is 3.32. The van der Waals surface area contributed by atoms with Crippen LogP contribution in [-0.2, 0) is 0 Å². The predicted octanol–water partition coefficient (Wildman–Crippen LogP) is 4.31. The van der Waals surface area contributed by atoms with Crippen LogP contribution in [0.15, 0.2) is 52.4 Å². The van der Waals surface area contributed by atoms with Gasteiger partial charge < -0.3 is 10.1 Å². The molecule has 8 heteroatoms. The summed E-state index contributed by atoms with van der Waals surface area (Å²) in [5.74, 6) is 1.34. The first-order valence-corrected chi connectivity index (χ1v) is 9.53. The molecule has 1 aliphatic rings. The average Bonchev–Trinajstić information content (AvgIpc) is 2.79. The summed E-state index contributed by atoms with van der Waals surface area (Å²) in [6, 6.07) is 9.78. The first kappa shape index (κ1) is 16.3. The van der Waals surface area contributed by atoms with Crippen molar-refractivity contribution in [1.82, 2.24) is 20.2 Å². The van der Waals surface area contributed by atoms with Crippen LogP contribution in [0.3, 0.4) is 0 Å². The lowest BCUT2D eigenvalue weighted by Crippen LogP contribution is -2.17. The molecule has 2 aromatic heterocycles. The standard InChI is InChI=1S/C17H14BrN5OS/c1-2-25-17-21-16-14(22-23-17)12-9-11(18)3-4-13(12)20-15(24-16)10-5-7-19-8-6-10/h3-9,15,20H,2H2,1H3. The van der Waals surface area contributed by atoms with Gasteiger partial charge in [0, 0.05) is 33.7 Å². The summed E-state index contributed by atoms with van der Waals surface area (Å²) in [5.41, 5.74) is 3.39. The van der Waals surface area contributed by atoms with Crippen molar-refractivity contribution in [2.24, 2.45) is 0 Å². The normalized spacial score (nSPS) is 15.4. The van der Waals surface area contributed by atoms with Gasteiger partial charge >= 0.3 is 0 Å². The molecule has 0 bridgehead atoms. The Labute approximate surface area is 157 Å². The van der Waals surface area contributed by atoms with Gasteiger partial charge in [0.15, 0.2) is 11.9 Å². The Kier molecular flexibility index (Phi) is 4.54. The lowest BCUT2D eigenvalue weighted by atomic mass is 10.1. The smallest absolute Gasteiger partial charge is 0.247 e. The molecule has 0 radical (unpaired) electrons. The lowest BCUT2D eigenvalue weighted by molar-refractivity contribution is 0.225. The molecule has 1 aliphatic heterocycles. The van der Waals surface area contributed by atoms with Crippen LogP contribution in [0.1, 0.15) is 18.7 Å². The van der Waals surface area contributed by atoms with Gasteiger partial charge in [-0.3, -0.25) is 4.98 Å². The van der Waals surface area contributed by atoms with Crippen LogP contribution in [0.5, 0.6) is 5.88 Å². The number of anilines is 1. The number of nitrogens with zero attached hydrogens (tertiary/aromatic N) is 4. The molecule has 126 valence electrons. The highest BCUT2D eigenvalue weighted by molar-refractivity contribution is 9.10. The first-order chi connectivity index (χ1) is 12.2. The third-order valence-corrected chi connectivity index (χ3v) is 4.88. The number of fused-ring (bicyclic) bond motifs is 3. The number of hydrogen-bond acceptors (Lipinski definition) is 7. The maximum Gasteiger partial charge on any atom is 0.247 e. The second-order valence-electron chi connectivity index (χ2n) is 5.29. The summed E-state index contributed by atoms with van der Waals surface area (Å²) in [6.45, 7) is 2.05. The van der Waals surface area contributed by atoms with Gasteiger partial charge in [-0.25, -0.2) is 0 Å². The van der Waals surface area contributed by atoms with Crippen molar-refractivity contribution in [2.75, 3.05) is 11.1 Å². The molecule has 1 N–H and O–H groups in total. The van der Waals surface area contributed by atoms with Gasteiger partial charge in [-0.15, -0.1) is 10.2 Å². The van der Waals surface area contributed by atoms with Crippen LogP contribution in [0.25, 0.3) is 11.3 Å². The molecule has 1 atom stereocenters. The zero-order chi connectivity index (χ0) is 17.2. The quantitative estimate of drug-likeness (QED) is 0.638. The minimum Gasteiger partial charge on any atom is -0.448 e. The average molecular weight is 416 g/mol. The molecule has 1 aromatic carbocycles. The summed E-state index contributed by atoms with van der Waals surface area (Å²) in [6.07, 6.45) is 3.09. The fourth-order valence-electron chi connectivity index (χ4n) is 2.55. The Morgan fingerprint density at radius 2 is 2.04 bits per heavy atom. The van der Waals surface area contributed by atoms with Crippen LogP contribution in [0.2, 0.25) is 0 Å². The fraction of sp³-hybridized carbons (Fsp3) is 0.176. The maximum atomic E-state index is 6.17. The summed E-state index contributed by atoms with van der Waals surface area (Å²) in [5, 5.41) is 12.6. The van der Waals surface area contributed by atoms with Crippen LogP contribution < -0.4 is 10.1 Å². The summed E-state index contributed by atoms with van der Waals surface area (Å²) in [7, 11) is 0. The van der Waals surface area contributed by atoms with E-state index in [1.807, 2.05) is 37.3 Å². The second kappa shape index (κ2) is 6.97. The first-order valence-electron chi connectivity index (χ1n) is 7.75. The summed E-state index contributed by atoms with van der Waals surface area (Å²) < 4.78 is 7.13. The van der Waals surface area contributed by atoms with Gasteiger partial charge in [0.25, 0.3) is 0 Å². The molecule has 0 aliphatic carbocycles. The second-order valence-corrected chi connectivity index (χ2v) is 7.44. The molecule has 3 heterocycles.